The molecule has 0 saturated carbocycles. The molecule has 0 unspecified atom stereocenters. The van der Waals surface area contributed by atoms with Crippen molar-refractivity contribution in [1.82, 2.24) is 34.3 Å². The van der Waals surface area contributed by atoms with Gasteiger partial charge < -0.3 is 4.57 Å². The molecule has 9 nitrogen and oxygen atoms in total. The monoisotopic (exact) mass is 519 g/mol. The number of fused-ring (bicyclic) bond motifs is 1. The van der Waals surface area contributed by atoms with Gasteiger partial charge in [0.15, 0.2) is 27.0 Å². The summed E-state index contributed by atoms with van der Waals surface area (Å²) >= 11 is 0. The highest BCUT2D eigenvalue weighted by atomic mass is 32.2. The smallest absolute Gasteiger partial charge is 0.308 e. The zero-order chi connectivity index (χ0) is 25.9. The highest BCUT2D eigenvalue weighted by Gasteiger charge is 2.37. The van der Waals surface area contributed by atoms with E-state index >= 15 is 0 Å². The first kappa shape index (κ1) is 24.6. The van der Waals surface area contributed by atoms with Gasteiger partial charge in [-0.1, -0.05) is 6.92 Å². The van der Waals surface area contributed by atoms with E-state index < -0.39 is 44.4 Å². The minimum Gasteiger partial charge on any atom is -0.308 e. The average Bonchev–Trinajstić information content (AvgIpc) is 3.33. The van der Waals surface area contributed by atoms with Crippen LogP contribution in [0.15, 0.2) is 29.4 Å². The number of sulfone groups is 1. The number of hydrogen-bond donors (Lipinski definition) is 0. The number of aromatic nitrogens is 7. The van der Waals surface area contributed by atoms with Crippen LogP contribution in [0.5, 0.6) is 0 Å². The Morgan fingerprint density at radius 1 is 0.943 bits per heavy atom. The van der Waals surface area contributed by atoms with Gasteiger partial charge >= 0.3 is 12.4 Å². The summed E-state index contributed by atoms with van der Waals surface area (Å²) in [5.74, 6) is -1.91. The van der Waals surface area contributed by atoms with Crippen molar-refractivity contribution in [3.8, 4) is 22.8 Å². The molecule has 0 spiro atoms. The fourth-order valence-corrected chi connectivity index (χ4v) is 4.43. The Morgan fingerprint density at radius 2 is 1.63 bits per heavy atom. The summed E-state index contributed by atoms with van der Waals surface area (Å²) < 4.78 is 106. The summed E-state index contributed by atoms with van der Waals surface area (Å²) in [5.41, 5.74) is -1.87. The van der Waals surface area contributed by atoms with Crippen LogP contribution < -0.4 is 0 Å². The summed E-state index contributed by atoms with van der Waals surface area (Å²) in [6.07, 6.45) is -7.37. The summed E-state index contributed by atoms with van der Waals surface area (Å²) in [6.45, 7) is 1.35. The topological polar surface area (TPSA) is 108 Å². The van der Waals surface area contributed by atoms with Gasteiger partial charge in [-0.15, -0.1) is 0 Å². The van der Waals surface area contributed by atoms with E-state index in [0.717, 1.165) is 36.3 Å². The molecule has 4 aromatic heterocycles. The lowest BCUT2D eigenvalue weighted by Crippen LogP contribution is -2.12. The lowest BCUT2D eigenvalue weighted by molar-refractivity contribution is -0.146. The maximum Gasteiger partial charge on any atom is 0.449 e. The predicted molar refractivity (Wildman–Crippen MR) is 109 cm³/mol. The van der Waals surface area contributed by atoms with Crippen molar-refractivity contribution in [2.45, 2.75) is 24.2 Å². The molecule has 0 radical (unpaired) electrons. The molecule has 0 N–H and O–H groups in total. The number of rotatable bonds is 4. The maximum absolute atomic E-state index is 13.2. The molecule has 0 saturated heterocycles. The molecule has 0 fully saturated rings. The van der Waals surface area contributed by atoms with E-state index in [1.807, 2.05) is 0 Å². The number of pyridine rings is 1. The molecule has 4 heterocycles. The van der Waals surface area contributed by atoms with E-state index in [2.05, 4.69) is 25.0 Å². The molecule has 186 valence electrons. The lowest BCUT2D eigenvalue weighted by Gasteiger charge is -2.11. The maximum atomic E-state index is 13.2. The van der Waals surface area contributed by atoms with Gasteiger partial charge in [0, 0.05) is 25.9 Å². The van der Waals surface area contributed by atoms with E-state index in [1.54, 1.807) is 0 Å². The zero-order valence-corrected chi connectivity index (χ0v) is 19.0. The molecule has 0 amide bonds. The third kappa shape index (κ3) is 4.33. The van der Waals surface area contributed by atoms with Crippen LogP contribution in [0, 0.1) is 0 Å². The van der Waals surface area contributed by atoms with Crippen LogP contribution in [0.1, 0.15) is 18.4 Å². The number of aryl methyl sites for hydroxylation is 2. The molecular formula is C19H15F6N7O2S. The quantitative estimate of drug-likeness (QED) is 0.379. The van der Waals surface area contributed by atoms with Crippen LogP contribution >= 0.6 is 0 Å². The second-order valence-electron chi connectivity index (χ2n) is 7.40. The summed E-state index contributed by atoms with van der Waals surface area (Å²) in [4.78, 5) is 15.1. The van der Waals surface area contributed by atoms with Crippen LogP contribution in [0.25, 0.3) is 33.9 Å². The molecular weight excluding hydrogens is 504 g/mol. The highest BCUT2D eigenvalue weighted by Crippen LogP contribution is 2.34. The third-order valence-electron chi connectivity index (χ3n) is 5.11. The lowest BCUT2D eigenvalue weighted by atomic mass is 10.1. The molecule has 0 bridgehead atoms. The number of nitrogens with zero attached hydrogens (tertiary/aromatic N) is 7. The first-order chi connectivity index (χ1) is 16.1. The molecule has 35 heavy (non-hydrogen) atoms. The van der Waals surface area contributed by atoms with E-state index in [1.165, 1.54) is 14.0 Å². The van der Waals surface area contributed by atoms with Gasteiger partial charge in [-0.05, 0) is 12.1 Å². The highest BCUT2D eigenvalue weighted by molar-refractivity contribution is 7.91. The van der Waals surface area contributed by atoms with Crippen LogP contribution in [0.4, 0.5) is 26.3 Å². The Bertz CT molecular complexity index is 1550. The molecule has 0 aliphatic rings. The average molecular weight is 519 g/mol. The Balaban J connectivity index is 1.92. The number of halogens is 6. The normalized spacial score (nSPS) is 13.1. The van der Waals surface area contributed by atoms with Crippen molar-refractivity contribution in [2.24, 2.45) is 14.1 Å². The fraction of sp³-hybridized carbons (Fsp3) is 0.316. The second-order valence-corrected chi connectivity index (χ2v) is 9.65. The number of alkyl halides is 6. The summed E-state index contributed by atoms with van der Waals surface area (Å²) in [6, 6.07) is 1.85. The minimum absolute atomic E-state index is 0.0206. The van der Waals surface area contributed by atoms with Crippen LogP contribution in [-0.4, -0.2) is 48.5 Å². The van der Waals surface area contributed by atoms with E-state index in [-0.39, 0.29) is 33.9 Å². The van der Waals surface area contributed by atoms with Gasteiger partial charge in [-0.2, -0.15) is 31.4 Å². The SMILES string of the molecule is CCS(=O)(=O)c1cc(-c2cc(C(F)(F)F)nn2C)cnc1-c1ncc2nc(C(F)(F)F)n(C)c2n1. The van der Waals surface area contributed by atoms with Gasteiger partial charge in [0.2, 0.25) is 5.82 Å². The van der Waals surface area contributed by atoms with Crippen LogP contribution in [-0.2, 0) is 36.3 Å². The molecule has 0 aliphatic carbocycles. The van der Waals surface area contributed by atoms with Crippen molar-refractivity contribution >= 4 is 21.0 Å². The summed E-state index contributed by atoms with van der Waals surface area (Å²) in [5, 5.41) is 3.41. The Morgan fingerprint density at radius 3 is 2.20 bits per heavy atom. The predicted octanol–water partition coefficient (Wildman–Crippen LogP) is 3.66. The van der Waals surface area contributed by atoms with Crippen molar-refractivity contribution < 1.29 is 34.8 Å². The number of imidazole rings is 1. The van der Waals surface area contributed by atoms with Crippen molar-refractivity contribution in [2.75, 3.05) is 5.75 Å². The first-order valence-electron chi connectivity index (χ1n) is 9.75. The minimum atomic E-state index is -4.76. The molecule has 0 atom stereocenters. The first-order valence-corrected chi connectivity index (χ1v) is 11.4. The van der Waals surface area contributed by atoms with Crippen molar-refractivity contribution in [3.05, 3.63) is 36.0 Å². The van der Waals surface area contributed by atoms with Gasteiger partial charge in [-0.3, -0.25) is 9.67 Å². The van der Waals surface area contributed by atoms with Gasteiger partial charge in [0.05, 0.1) is 22.5 Å². The van der Waals surface area contributed by atoms with Crippen molar-refractivity contribution in [1.29, 1.82) is 0 Å². The Kier molecular flexibility index (Phi) is 5.61. The van der Waals surface area contributed by atoms with Gasteiger partial charge in [0.25, 0.3) is 0 Å². The Hall–Kier alpha value is -3.56. The van der Waals surface area contributed by atoms with Gasteiger partial charge in [0.1, 0.15) is 11.2 Å². The zero-order valence-electron chi connectivity index (χ0n) is 18.1. The van der Waals surface area contributed by atoms with E-state index in [9.17, 15) is 34.8 Å². The van der Waals surface area contributed by atoms with Crippen molar-refractivity contribution in [3.63, 3.8) is 0 Å². The number of hydrogen-bond acceptors (Lipinski definition) is 7. The summed E-state index contributed by atoms with van der Waals surface area (Å²) in [7, 11) is -1.67. The molecule has 16 heteroatoms. The molecule has 4 aromatic rings. The largest absolute Gasteiger partial charge is 0.449 e. The molecule has 4 rings (SSSR count). The molecule has 0 aliphatic heterocycles. The third-order valence-corrected chi connectivity index (χ3v) is 6.85. The standard InChI is InChI=1S/C19H15F6N7O2S/c1-4-35(33,34)12-5-9(11-6-13(18(20,21)22)30-32(11)3)7-26-14(12)15-27-8-10-16(29-15)31(2)17(28-10)19(23,24)25/h5-8H,4H2,1-3H3. The van der Waals surface area contributed by atoms with Crippen LogP contribution in [0.2, 0.25) is 0 Å². The van der Waals surface area contributed by atoms with E-state index in [0.29, 0.717) is 4.57 Å². The van der Waals surface area contributed by atoms with Crippen LogP contribution in [0.3, 0.4) is 0 Å². The fourth-order valence-electron chi connectivity index (χ4n) is 3.37. The second kappa shape index (κ2) is 8.00. The van der Waals surface area contributed by atoms with E-state index in [4.69, 9.17) is 0 Å². The Labute approximate surface area is 193 Å². The van der Waals surface area contributed by atoms with Gasteiger partial charge in [-0.25, -0.2) is 23.4 Å². The molecule has 0 aromatic carbocycles.